The Labute approximate surface area is 204 Å². The highest BCUT2D eigenvalue weighted by Crippen LogP contribution is 2.41. The second-order valence-electron chi connectivity index (χ2n) is 10.4. The van der Waals surface area contributed by atoms with Crippen LogP contribution in [0.25, 0.3) is 0 Å². The maximum Gasteiger partial charge on any atom is 0.186 e. The van der Waals surface area contributed by atoms with E-state index in [4.69, 9.17) is 4.43 Å². The zero-order valence-electron chi connectivity index (χ0n) is 23.8. The predicted molar refractivity (Wildman–Crippen MR) is 147 cm³/mol. The first-order valence-electron chi connectivity index (χ1n) is 14.0. The second-order valence-corrected chi connectivity index (χ2v) is 14.8. The average Bonchev–Trinajstić information content (AvgIpc) is 2.81. The van der Waals surface area contributed by atoms with Crippen LogP contribution in [0.3, 0.4) is 0 Å². The highest BCUT2D eigenvalue weighted by atomic mass is 28.4. The summed E-state index contributed by atoms with van der Waals surface area (Å²) in [5.41, 5.74) is 0.482. The lowest BCUT2D eigenvalue weighted by Crippen LogP contribution is -2.34. The number of hydrogen-bond donors (Lipinski definition) is 0. The highest BCUT2D eigenvalue weighted by molar-refractivity contribution is 6.71. The van der Waals surface area contributed by atoms with Crippen LogP contribution < -0.4 is 0 Å². The molecule has 0 aromatic rings. The van der Waals surface area contributed by atoms with Gasteiger partial charge in [0.2, 0.25) is 0 Å². The molecule has 4 nitrogen and oxygen atoms in total. The lowest BCUT2D eigenvalue weighted by atomic mass is 9.73. The lowest BCUT2D eigenvalue weighted by molar-refractivity contribution is 0.156. The molecule has 0 radical (unpaired) electrons. The minimum atomic E-state index is -1.54. The smallest absolute Gasteiger partial charge is 0.186 e. The number of rotatable bonds is 22. The van der Waals surface area contributed by atoms with Crippen LogP contribution >= 0.6 is 0 Å². The van der Waals surface area contributed by atoms with E-state index in [1.54, 1.807) is 0 Å². The summed E-state index contributed by atoms with van der Waals surface area (Å²) in [5.74, 6) is 0. The normalized spacial score (nSPS) is 13.1. The van der Waals surface area contributed by atoms with Crippen molar-refractivity contribution in [2.75, 3.05) is 66.0 Å². The quantitative estimate of drug-likeness (QED) is 0.166. The first kappa shape index (κ1) is 32.1. The third-order valence-corrected chi connectivity index (χ3v) is 10.6. The van der Waals surface area contributed by atoms with Gasteiger partial charge in [-0.05, 0) is 128 Å². The molecule has 0 rings (SSSR count). The van der Waals surface area contributed by atoms with Gasteiger partial charge in [-0.1, -0.05) is 41.5 Å². The summed E-state index contributed by atoms with van der Waals surface area (Å²) >= 11 is 0. The largest absolute Gasteiger partial charge is 0.420 e. The maximum atomic E-state index is 5.98. The van der Waals surface area contributed by atoms with Crippen LogP contribution in [0, 0.1) is 5.41 Å². The Hall–Kier alpha value is 0.0569. The first-order valence-corrected chi connectivity index (χ1v) is 17.1. The number of hydrogen-bond acceptors (Lipinski definition) is 4. The Balaban J connectivity index is 5.39. The van der Waals surface area contributed by atoms with Gasteiger partial charge in [0.1, 0.15) is 0 Å². The molecule has 32 heavy (non-hydrogen) atoms. The van der Waals surface area contributed by atoms with Crippen LogP contribution in [-0.2, 0) is 4.43 Å². The fraction of sp³-hybridized carbons (Fsp3) is 1.00. The van der Waals surface area contributed by atoms with Crippen molar-refractivity contribution in [3.05, 3.63) is 0 Å². The van der Waals surface area contributed by atoms with Crippen molar-refractivity contribution < 1.29 is 4.43 Å². The first-order chi connectivity index (χ1) is 15.2. The maximum absolute atomic E-state index is 5.98. The molecule has 0 aliphatic heterocycles. The van der Waals surface area contributed by atoms with Gasteiger partial charge in [0.15, 0.2) is 8.32 Å². The molecule has 0 aliphatic rings. The lowest BCUT2D eigenvalue weighted by Gasteiger charge is -2.38. The Morgan fingerprint density at radius 1 is 0.562 bits per heavy atom. The molecule has 0 atom stereocenters. The summed E-state index contributed by atoms with van der Waals surface area (Å²) in [7, 11) is 0.397. The zero-order valence-corrected chi connectivity index (χ0v) is 24.8. The van der Waals surface area contributed by atoms with Crippen molar-refractivity contribution in [1.29, 1.82) is 0 Å². The van der Waals surface area contributed by atoms with Crippen LogP contribution in [0.1, 0.15) is 86.5 Å². The predicted octanol–water partition coefficient (Wildman–Crippen LogP) is 6.58. The van der Waals surface area contributed by atoms with E-state index in [-0.39, 0.29) is 0 Å². The summed E-state index contributed by atoms with van der Waals surface area (Å²) in [6.45, 7) is 29.5. The van der Waals surface area contributed by atoms with Gasteiger partial charge < -0.3 is 19.1 Å². The van der Waals surface area contributed by atoms with E-state index in [1.165, 1.54) is 110 Å². The van der Waals surface area contributed by atoms with Gasteiger partial charge in [-0.3, -0.25) is 0 Å². The molecular weight excluding hydrogens is 410 g/mol. The summed E-state index contributed by atoms with van der Waals surface area (Å²) in [6, 6.07) is 1.30. The van der Waals surface area contributed by atoms with Crippen molar-refractivity contribution in [3.63, 3.8) is 0 Å². The van der Waals surface area contributed by atoms with E-state index in [9.17, 15) is 0 Å². The summed E-state index contributed by atoms with van der Waals surface area (Å²) < 4.78 is 5.98. The molecule has 0 heterocycles. The van der Waals surface area contributed by atoms with Gasteiger partial charge >= 0.3 is 0 Å². The van der Waals surface area contributed by atoms with Crippen molar-refractivity contribution >= 4 is 8.32 Å². The van der Waals surface area contributed by atoms with Crippen LogP contribution in [-0.4, -0.2) is 89.0 Å². The fourth-order valence-corrected chi connectivity index (χ4v) is 6.41. The third kappa shape index (κ3) is 13.7. The van der Waals surface area contributed by atoms with E-state index >= 15 is 0 Å². The van der Waals surface area contributed by atoms with E-state index in [1.807, 2.05) is 7.11 Å². The third-order valence-electron chi connectivity index (χ3n) is 8.04. The molecule has 0 N–H and O–H groups in total. The summed E-state index contributed by atoms with van der Waals surface area (Å²) in [4.78, 5) is 7.80. The van der Waals surface area contributed by atoms with Gasteiger partial charge in [0.05, 0.1) is 0 Å². The van der Waals surface area contributed by atoms with E-state index in [0.717, 1.165) is 0 Å². The minimum absolute atomic E-state index is 0.482. The molecule has 0 fully saturated rings. The topological polar surface area (TPSA) is 19.0 Å². The highest BCUT2D eigenvalue weighted by Gasteiger charge is 2.33. The molecule has 0 spiro atoms. The van der Waals surface area contributed by atoms with Crippen LogP contribution in [0.15, 0.2) is 0 Å². The molecule has 0 aromatic heterocycles. The Kier molecular flexibility index (Phi) is 18.4. The number of nitrogens with zero attached hydrogens (tertiary/aromatic N) is 3. The molecule has 0 saturated heterocycles. The molecule has 0 unspecified atom stereocenters. The molecule has 194 valence electrons. The van der Waals surface area contributed by atoms with Gasteiger partial charge in [0, 0.05) is 7.11 Å². The van der Waals surface area contributed by atoms with E-state index < -0.39 is 8.32 Å². The summed E-state index contributed by atoms with van der Waals surface area (Å²) in [5, 5.41) is 0. The van der Waals surface area contributed by atoms with E-state index in [0.29, 0.717) is 5.41 Å². The Morgan fingerprint density at radius 3 is 1.12 bits per heavy atom. The monoisotopic (exact) mass is 471 g/mol. The SMILES string of the molecule is CCN(CC)CCCC(CCCN(CC)CC)(CCCN(CC)CC)CC[Si](C)(C)OC. The van der Waals surface area contributed by atoms with Gasteiger partial charge in [-0.15, -0.1) is 0 Å². The zero-order chi connectivity index (χ0) is 24.5. The fourth-order valence-electron chi connectivity index (χ4n) is 5.07. The standard InChI is InChI=1S/C27H61N3OSi/c1-10-28(11-2)23-16-19-27(22-26-32(8,9)31-7,20-17-24-29(12-3)13-4)21-18-25-30(14-5)15-6/h10-26H2,1-9H3. The molecule has 0 amide bonds. The summed E-state index contributed by atoms with van der Waals surface area (Å²) in [6.07, 6.45) is 9.53. The molecule has 0 aromatic carbocycles. The molecular formula is C27H61N3OSi. The van der Waals surface area contributed by atoms with Gasteiger partial charge in [-0.25, -0.2) is 0 Å². The molecule has 5 heteroatoms. The average molecular weight is 472 g/mol. The second kappa shape index (κ2) is 18.4. The Bertz CT molecular complexity index is 376. The van der Waals surface area contributed by atoms with Crippen molar-refractivity contribution in [3.8, 4) is 0 Å². The van der Waals surface area contributed by atoms with E-state index in [2.05, 4.69) is 69.3 Å². The molecule has 0 saturated carbocycles. The van der Waals surface area contributed by atoms with Gasteiger partial charge in [-0.2, -0.15) is 0 Å². The minimum Gasteiger partial charge on any atom is -0.420 e. The van der Waals surface area contributed by atoms with Crippen LogP contribution in [0.5, 0.6) is 0 Å². The van der Waals surface area contributed by atoms with Crippen molar-refractivity contribution in [2.24, 2.45) is 5.41 Å². The van der Waals surface area contributed by atoms with Crippen molar-refractivity contribution in [2.45, 2.75) is 106 Å². The Morgan fingerprint density at radius 2 is 0.875 bits per heavy atom. The molecule has 0 bridgehead atoms. The van der Waals surface area contributed by atoms with Crippen LogP contribution in [0.2, 0.25) is 19.1 Å². The van der Waals surface area contributed by atoms with Crippen molar-refractivity contribution in [1.82, 2.24) is 14.7 Å². The van der Waals surface area contributed by atoms with Crippen LogP contribution in [0.4, 0.5) is 0 Å². The molecule has 0 aliphatic carbocycles. The van der Waals surface area contributed by atoms with Gasteiger partial charge in [0.25, 0.3) is 0 Å².